The second kappa shape index (κ2) is 3.77. The van der Waals surface area contributed by atoms with Crippen LogP contribution in [0.5, 0.6) is 0 Å². The summed E-state index contributed by atoms with van der Waals surface area (Å²) >= 11 is 0. The van der Waals surface area contributed by atoms with Crippen molar-refractivity contribution in [2.75, 3.05) is 14.1 Å². The molecule has 6 nitrogen and oxygen atoms in total. The van der Waals surface area contributed by atoms with Crippen LogP contribution in [-0.2, 0) is 9.59 Å². The summed E-state index contributed by atoms with van der Waals surface area (Å²) in [5, 5.41) is 5.42. The van der Waals surface area contributed by atoms with Crippen molar-refractivity contribution in [3.05, 3.63) is 0 Å². The first-order chi connectivity index (χ1) is 7.57. The average Bonchev–Trinajstić information content (AvgIpc) is 2.64. The minimum Gasteiger partial charge on any atom is -0.325 e. The summed E-state index contributed by atoms with van der Waals surface area (Å²) in [6.45, 7) is 1.96. The Balaban J connectivity index is 2.27. The maximum Gasteiger partial charge on any atom is 0.258 e. The molecule has 0 aromatic rings. The average molecular weight is 224 g/mol. The topological polar surface area (TPSA) is 56.2 Å². The van der Waals surface area contributed by atoms with Crippen molar-refractivity contribution in [2.24, 2.45) is 11.0 Å². The van der Waals surface area contributed by atoms with E-state index in [4.69, 9.17) is 0 Å². The smallest absolute Gasteiger partial charge is 0.258 e. The maximum atomic E-state index is 12.0. The van der Waals surface area contributed by atoms with Crippen molar-refractivity contribution in [1.82, 2.24) is 14.8 Å². The number of carbonyl (C=O) groups is 2. The lowest BCUT2D eigenvalue weighted by Gasteiger charge is -2.41. The molecule has 0 aromatic heterocycles. The zero-order chi connectivity index (χ0) is 11.9. The van der Waals surface area contributed by atoms with Crippen LogP contribution in [0.15, 0.2) is 5.10 Å². The van der Waals surface area contributed by atoms with Crippen molar-refractivity contribution >= 4 is 18.2 Å². The minimum atomic E-state index is -0.560. The summed E-state index contributed by atoms with van der Waals surface area (Å²) < 4.78 is 0. The summed E-state index contributed by atoms with van der Waals surface area (Å²) in [6, 6.07) is 0. The van der Waals surface area contributed by atoms with Crippen LogP contribution in [0.2, 0.25) is 0 Å². The molecule has 2 aliphatic heterocycles. The van der Waals surface area contributed by atoms with Crippen LogP contribution in [0.25, 0.3) is 0 Å². The second-order valence-corrected chi connectivity index (χ2v) is 4.22. The number of hydrogen-bond acceptors (Lipinski definition) is 4. The van der Waals surface area contributed by atoms with Gasteiger partial charge in [-0.25, -0.2) is 0 Å². The molecule has 88 valence electrons. The van der Waals surface area contributed by atoms with Gasteiger partial charge >= 0.3 is 0 Å². The van der Waals surface area contributed by atoms with Gasteiger partial charge in [0.05, 0.1) is 0 Å². The van der Waals surface area contributed by atoms with Crippen molar-refractivity contribution in [1.29, 1.82) is 0 Å². The van der Waals surface area contributed by atoms with Crippen LogP contribution < -0.4 is 0 Å². The highest BCUT2D eigenvalue weighted by molar-refractivity contribution is 6.03. The van der Waals surface area contributed by atoms with Crippen molar-refractivity contribution in [3.63, 3.8) is 0 Å². The summed E-state index contributed by atoms with van der Waals surface area (Å²) in [6.07, 6.45) is 2.59. The summed E-state index contributed by atoms with van der Waals surface area (Å²) in [5.74, 6) is -0.851. The number of nitrogens with zero attached hydrogens (tertiary/aromatic N) is 4. The predicted molar refractivity (Wildman–Crippen MR) is 58.1 cm³/mol. The molecule has 2 aliphatic rings. The first-order valence-electron chi connectivity index (χ1n) is 5.43. The number of carbonyl (C=O) groups excluding carboxylic acids is 2. The third-order valence-corrected chi connectivity index (χ3v) is 3.03. The van der Waals surface area contributed by atoms with E-state index in [0.717, 1.165) is 6.42 Å². The molecule has 1 fully saturated rings. The molecule has 0 saturated carbocycles. The van der Waals surface area contributed by atoms with Crippen LogP contribution in [-0.4, -0.2) is 53.3 Å². The number of hydrazone groups is 1. The first kappa shape index (κ1) is 10.9. The number of amides is 2. The Morgan fingerprint density at radius 2 is 2.00 bits per heavy atom. The van der Waals surface area contributed by atoms with Crippen LogP contribution in [0, 0.1) is 5.92 Å². The molecule has 0 spiro atoms. The molecule has 0 aliphatic carbocycles. The molecule has 0 bridgehead atoms. The summed E-state index contributed by atoms with van der Waals surface area (Å²) in [7, 11) is 3.51. The van der Waals surface area contributed by atoms with E-state index in [1.165, 1.54) is 5.01 Å². The molecular weight excluding hydrogens is 208 g/mol. The van der Waals surface area contributed by atoms with E-state index in [9.17, 15) is 9.59 Å². The van der Waals surface area contributed by atoms with Crippen LogP contribution in [0.1, 0.15) is 19.8 Å². The van der Waals surface area contributed by atoms with Gasteiger partial charge in [-0.2, -0.15) is 10.1 Å². The monoisotopic (exact) mass is 224 g/mol. The van der Waals surface area contributed by atoms with Crippen molar-refractivity contribution in [2.45, 2.75) is 26.1 Å². The normalized spacial score (nSPS) is 29.1. The lowest BCUT2D eigenvalue weighted by atomic mass is 9.99. The minimum absolute atomic E-state index is 0.106. The SMILES string of the molecule is CCCC1C(=O)N(C)C2N(C)C=NN2C1=O. The maximum absolute atomic E-state index is 12.0. The molecule has 6 heteroatoms. The molecule has 0 radical (unpaired) electrons. The molecule has 2 heterocycles. The molecule has 1 saturated heterocycles. The second-order valence-electron chi connectivity index (χ2n) is 4.22. The van der Waals surface area contributed by atoms with E-state index >= 15 is 0 Å². The van der Waals surface area contributed by atoms with Crippen LogP contribution in [0.3, 0.4) is 0 Å². The Hall–Kier alpha value is -1.59. The van der Waals surface area contributed by atoms with Crippen molar-refractivity contribution in [3.8, 4) is 0 Å². The van der Waals surface area contributed by atoms with Gasteiger partial charge in [-0.1, -0.05) is 13.3 Å². The summed E-state index contributed by atoms with van der Waals surface area (Å²) in [5.41, 5.74) is 0. The van der Waals surface area contributed by atoms with E-state index < -0.39 is 5.92 Å². The lowest BCUT2D eigenvalue weighted by Crippen LogP contribution is -2.62. The van der Waals surface area contributed by atoms with Gasteiger partial charge in [-0.05, 0) is 6.42 Å². The van der Waals surface area contributed by atoms with E-state index in [1.807, 2.05) is 6.92 Å². The Morgan fingerprint density at radius 3 is 2.62 bits per heavy atom. The third kappa shape index (κ3) is 1.36. The van der Waals surface area contributed by atoms with Crippen LogP contribution >= 0.6 is 0 Å². The molecule has 2 rings (SSSR count). The highest BCUT2D eigenvalue weighted by Crippen LogP contribution is 2.27. The van der Waals surface area contributed by atoms with Gasteiger partial charge in [0, 0.05) is 14.1 Å². The van der Waals surface area contributed by atoms with Gasteiger partial charge < -0.3 is 9.80 Å². The lowest BCUT2D eigenvalue weighted by molar-refractivity contribution is -0.168. The van der Waals surface area contributed by atoms with Gasteiger partial charge in [-0.3, -0.25) is 9.59 Å². The van der Waals surface area contributed by atoms with E-state index in [1.54, 1.807) is 30.2 Å². The molecule has 0 aromatic carbocycles. The third-order valence-electron chi connectivity index (χ3n) is 3.03. The zero-order valence-electron chi connectivity index (χ0n) is 9.75. The Bertz CT molecular complexity index is 351. The van der Waals surface area contributed by atoms with Gasteiger partial charge in [0.25, 0.3) is 5.91 Å². The van der Waals surface area contributed by atoms with E-state index in [2.05, 4.69) is 5.10 Å². The Morgan fingerprint density at radius 1 is 1.31 bits per heavy atom. The molecule has 2 atom stereocenters. The van der Waals surface area contributed by atoms with E-state index in [-0.39, 0.29) is 18.1 Å². The highest BCUT2D eigenvalue weighted by Gasteiger charge is 2.47. The Kier molecular flexibility index (Phi) is 2.57. The standard InChI is InChI=1S/C10H16N4O2/c1-4-5-7-8(15)13(3)10-12(2)6-11-14(10)9(7)16/h6-7,10H,4-5H2,1-3H3. The van der Waals surface area contributed by atoms with Gasteiger partial charge in [-0.15, -0.1) is 0 Å². The van der Waals surface area contributed by atoms with Crippen molar-refractivity contribution < 1.29 is 9.59 Å². The van der Waals surface area contributed by atoms with E-state index in [0.29, 0.717) is 6.42 Å². The fourth-order valence-corrected chi connectivity index (χ4v) is 2.20. The first-order valence-corrected chi connectivity index (χ1v) is 5.43. The van der Waals surface area contributed by atoms with Gasteiger partial charge in [0.15, 0.2) is 0 Å². The zero-order valence-corrected chi connectivity index (χ0v) is 9.75. The summed E-state index contributed by atoms with van der Waals surface area (Å²) in [4.78, 5) is 27.4. The van der Waals surface area contributed by atoms with Gasteiger partial charge in [0.1, 0.15) is 12.3 Å². The molecule has 2 unspecified atom stereocenters. The van der Waals surface area contributed by atoms with Gasteiger partial charge in [0.2, 0.25) is 12.2 Å². The molecular formula is C10H16N4O2. The van der Waals surface area contributed by atoms with Crippen LogP contribution in [0.4, 0.5) is 0 Å². The fourth-order valence-electron chi connectivity index (χ4n) is 2.20. The number of fused-ring (bicyclic) bond motifs is 1. The Labute approximate surface area is 94.5 Å². The fraction of sp³-hybridized carbons (Fsp3) is 0.700. The number of rotatable bonds is 2. The predicted octanol–water partition coefficient (Wildman–Crippen LogP) is -0.124. The molecule has 16 heavy (non-hydrogen) atoms. The molecule has 0 N–H and O–H groups in total. The quantitative estimate of drug-likeness (QED) is 0.614. The largest absolute Gasteiger partial charge is 0.325 e. The molecule has 2 amide bonds. The highest BCUT2D eigenvalue weighted by atomic mass is 16.2. The number of hydrogen-bond donors (Lipinski definition) is 0.